The van der Waals surface area contributed by atoms with Crippen LogP contribution in [0.25, 0.3) is 0 Å². The zero-order chi connectivity index (χ0) is 26.3. The molecule has 3 aliphatic carbocycles. The third kappa shape index (κ3) is 7.57. The van der Waals surface area contributed by atoms with Gasteiger partial charge in [-0.2, -0.15) is 0 Å². The first-order chi connectivity index (χ1) is 17.1. The van der Waals surface area contributed by atoms with Crippen molar-refractivity contribution in [1.82, 2.24) is 5.32 Å². The highest BCUT2D eigenvalue weighted by molar-refractivity contribution is 5.75. The second-order valence-corrected chi connectivity index (χ2v) is 12.7. The average molecular weight is 500 g/mol. The summed E-state index contributed by atoms with van der Waals surface area (Å²) < 4.78 is 5.72. The fourth-order valence-electron chi connectivity index (χ4n) is 7.45. The van der Waals surface area contributed by atoms with Crippen molar-refractivity contribution in [2.75, 3.05) is 13.2 Å². The van der Waals surface area contributed by atoms with E-state index < -0.39 is 0 Å². The third-order valence-corrected chi connectivity index (χ3v) is 9.56. The van der Waals surface area contributed by atoms with E-state index in [0.29, 0.717) is 36.8 Å². The van der Waals surface area contributed by atoms with Gasteiger partial charge >= 0.3 is 0 Å². The number of ether oxygens (including phenoxy) is 1. The largest absolute Gasteiger partial charge is 0.393 e. The quantitative estimate of drug-likeness (QED) is 0.314. The van der Waals surface area contributed by atoms with Crippen molar-refractivity contribution in [2.45, 2.75) is 123 Å². The number of aliphatic hydroxyl groups excluding tert-OH is 1. The van der Waals surface area contributed by atoms with Crippen LogP contribution in [-0.4, -0.2) is 35.9 Å². The van der Waals surface area contributed by atoms with E-state index in [1.54, 1.807) is 5.57 Å². The van der Waals surface area contributed by atoms with Gasteiger partial charge in [-0.1, -0.05) is 43.7 Å². The molecule has 3 saturated carbocycles. The maximum atomic E-state index is 12.4. The molecule has 2 N–H and O–H groups in total. The maximum absolute atomic E-state index is 12.4. The minimum absolute atomic E-state index is 0.176. The van der Waals surface area contributed by atoms with E-state index in [2.05, 4.69) is 51.7 Å². The van der Waals surface area contributed by atoms with Gasteiger partial charge in [-0.3, -0.25) is 4.79 Å². The molecule has 0 bridgehead atoms. The molecule has 0 aromatic heterocycles. The summed E-state index contributed by atoms with van der Waals surface area (Å²) in [7, 11) is 0. The van der Waals surface area contributed by atoms with Crippen molar-refractivity contribution in [3.05, 3.63) is 35.5 Å². The summed E-state index contributed by atoms with van der Waals surface area (Å²) in [6, 6.07) is 0. The van der Waals surface area contributed by atoms with Crippen LogP contribution in [-0.2, 0) is 9.53 Å². The third-order valence-electron chi connectivity index (χ3n) is 9.56. The lowest BCUT2D eigenvalue weighted by Gasteiger charge is -2.44. The monoisotopic (exact) mass is 499 g/mol. The zero-order valence-electron chi connectivity index (χ0n) is 23.8. The molecule has 0 saturated heterocycles. The Morgan fingerprint density at radius 3 is 2.81 bits per heavy atom. The Balaban J connectivity index is 1.50. The van der Waals surface area contributed by atoms with Gasteiger partial charge in [-0.15, -0.1) is 0 Å². The summed E-state index contributed by atoms with van der Waals surface area (Å²) in [5, 5.41) is 13.2. The Labute approximate surface area is 221 Å². The summed E-state index contributed by atoms with van der Waals surface area (Å²) in [4.78, 5) is 12.4. The Hall–Kier alpha value is -1.39. The first-order valence-corrected chi connectivity index (χ1v) is 14.7. The molecule has 0 aromatic rings. The van der Waals surface area contributed by atoms with Gasteiger partial charge in [-0.05, 0) is 120 Å². The number of fused-ring (bicyclic) bond motifs is 1. The van der Waals surface area contributed by atoms with Gasteiger partial charge in [0.1, 0.15) is 0 Å². The Morgan fingerprint density at radius 2 is 2.06 bits per heavy atom. The summed E-state index contributed by atoms with van der Waals surface area (Å²) >= 11 is 0. The highest BCUT2D eigenvalue weighted by Crippen LogP contribution is 2.59. The summed E-state index contributed by atoms with van der Waals surface area (Å²) in [6.45, 7) is 16.8. The van der Waals surface area contributed by atoms with Gasteiger partial charge in [0.15, 0.2) is 0 Å². The van der Waals surface area contributed by atoms with Crippen LogP contribution < -0.4 is 5.32 Å². The molecule has 0 aromatic carbocycles. The van der Waals surface area contributed by atoms with Crippen molar-refractivity contribution in [3.63, 3.8) is 0 Å². The zero-order valence-corrected chi connectivity index (χ0v) is 23.8. The van der Waals surface area contributed by atoms with Crippen molar-refractivity contribution in [1.29, 1.82) is 0 Å². The number of aliphatic hydroxyl groups is 1. The second kappa shape index (κ2) is 12.9. The topological polar surface area (TPSA) is 58.6 Å². The lowest BCUT2D eigenvalue weighted by molar-refractivity contribution is -0.121. The SMILES string of the molecule is C=C1CC[C@H](O)C/C1=C/C=C1\CCC[C@]2(C)[C@@H]([C@H](C)CCCC(=O)NCCC(C)(C)OCC)CC[C@@H]12. The van der Waals surface area contributed by atoms with Crippen LogP contribution in [0, 0.1) is 23.2 Å². The number of nitrogens with one attached hydrogen (secondary N) is 1. The molecule has 0 radical (unpaired) electrons. The first-order valence-electron chi connectivity index (χ1n) is 14.7. The Bertz CT molecular complexity index is 825. The first kappa shape index (κ1) is 29.2. The molecular formula is C32H53NO3. The number of amides is 1. The van der Waals surface area contributed by atoms with Gasteiger partial charge in [0.2, 0.25) is 5.91 Å². The molecule has 3 rings (SSSR count). The smallest absolute Gasteiger partial charge is 0.219 e. The van der Waals surface area contributed by atoms with E-state index in [9.17, 15) is 9.90 Å². The minimum atomic E-state index is -0.211. The van der Waals surface area contributed by atoms with Crippen LogP contribution in [0.5, 0.6) is 0 Å². The molecule has 4 heteroatoms. The summed E-state index contributed by atoms with van der Waals surface area (Å²) in [5.74, 6) is 2.24. The van der Waals surface area contributed by atoms with Crippen molar-refractivity contribution < 1.29 is 14.6 Å². The predicted molar refractivity (Wildman–Crippen MR) is 150 cm³/mol. The predicted octanol–water partition coefficient (Wildman–Crippen LogP) is 7.28. The molecule has 0 unspecified atom stereocenters. The standard InChI is InChI=1S/C32H53NO3/c1-7-36-31(4,5)20-21-33-30(35)12-8-10-24(3)28-17-18-29-25(11-9-19-32(28,29)6)14-15-26-22-27(34)16-13-23(26)2/h14-15,24,27-29,34H,2,7-13,16-22H2,1,3-6H3,(H,33,35)/b25-14+,26-15-/t24-,27+,28-,29+,32-/m1/s1. The minimum Gasteiger partial charge on any atom is -0.393 e. The highest BCUT2D eigenvalue weighted by Gasteiger charge is 2.50. The van der Waals surface area contributed by atoms with Crippen molar-refractivity contribution in [3.8, 4) is 0 Å². The highest BCUT2D eigenvalue weighted by atomic mass is 16.5. The van der Waals surface area contributed by atoms with E-state index in [0.717, 1.165) is 44.4 Å². The molecule has 3 fully saturated rings. The second-order valence-electron chi connectivity index (χ2n) is 12.7. The van der Waals surface area contributed by atoms with Crippen LogP contribution >= 0.6 is 0 Å². The van der Waals surface area contributed by atoms with Crippen LogP contribution in [0.4, 0.5) is 0 Å². The van der Waals surface area contributed by atoms with Crippen molar-refractivity contribution in [2.24, 2.45) is 23.2 Å². The van der Waals surface area contributed by atoms with E-state index in [-0.39, 0.29) is 17.6 Å². The van der Waals surface area contributed by atoms with Gasteiger partial charge in [0.25, 0.3) is 0 Å². The fraction of sp³-hybridized carbons (Fsp3) is 0.781. The molecule has 0 aliphatic heterocycles. The Kier molecular flexibility index (Phi) is 10.5. The van der Waals surface area contributed by atoms with Crippen LogP contribution in [0.15, 0.2) is 35.5 Å². The van der Waals surface area contributed by atoms with E-state index in [1.807, 2.05) is 6.92 Å². The molecule has 4 nitrogen and oxygen atoms in total. The molecular weight excluding hydrogens is 446 g/mol. The number of allylic oxidation sites excluding steroid dienone is 4. The van der Waals surface area contributed by atoms with Crippen LogP contribution in [0.1, 0.15) is 112 Å². The van der Waals surface area contributed by atoms with Gasteiger partial charge < -0.3 is 15.2 Å². The normalized spacial score (nSPS) is 32.1. The van der Waals surface area contributed by atoms with Crippen LogP contribution in [0.3, 0.4) is 0 Å². The number of carbonyl (C=O) groups is 1. The number of hydrogen-bond donors (Lipinski definition) is 2. The number of hydrogen-bond acceptors (Lipinski definition) is 3. The van der Waals surface area contributed by atoms with Gasteiger partial charge in [0.05, 0.1) is 11.7 Å². The number of rotatable bonds is 11. The summed E-state index contributed by atoms with van der Waals surface area (Å²) in [6.07, 6.45) is 16.9. The lowest BCUT2D eigenvalue weighted by atomic mass is 9.60. The average Bonchev–Trinajstić information content (AvgIpc) is 3.17. The molecule has 204 valence electrons. The molecule has 36 heavy (non-hydrogen) atoms. The van der Waals surface area contributed by atoms with Crippen LogP contribution in [0.2, 0.25) is 0 Å². The molecule has 0 heterocycles. The number of carbonyl (C=O) groups excluding carboxylic acids is 1. The Morgan fingerprint density at radius 1 is 1.28 bits per heavy atom. The molecule has 3 aliphatic rings. The van der Waals surface area contributed by atoms with Gasteiger partial charge in [-0.25, -0.2) is 0 Å². The van der Waals surface area contributed by atoms with Crippen molar-refractivity contribution >= 4 is 5.91 Å². The van der Waals surface area contributed by atoms with E-state index in [1.165, 1.54) is 43.3 Å². The molecule has 5 atom stereocenters. The van der Waals surface area contributed by atoms with Gasteiger partial charge in [0, 0.05) is 19.6 Å². The lowest BCUT2D eigenvalue weighted by Crippen LogP contribution is -2.36. The molecule has 1 amide bonds. The molecule has 0 spiro atoms. The van der Waals surface area contributed by atoms with E-state index >= 15 is 0 Å². The van der Waals surface area contributed by atoms with E-state index in [4.69, 9.17) is 4.74 Å². The summed E-state index contributed by atoms with van der Waals surface area (Å²) in [5.41, 5.74) is 4.26. The maximum Gasteiger partial charge on any atom is 0.219 e. The fourth-order valence-corrected chi connectivity index (χ4v) is 7.45.